The summed E-state index contributed by atoms with van der Waals surface area (Å²) in [5.41, 5.74) is 1.68. The highest BCUT2D eigenvalue weighted by atomic mass is 32.2. The predicted octanol–water partition coefficient (Wildman–Crippen LogP) is 0.752. The molecule has 2 aromatic rings. The molecule has 2 rings (SSSR count). The van der Waals surface area contributed by atoms with Gasteiger partial charge in [0.25, 0.3) is 10.0 Å². The molecule has 0 radical (unpaired) electrons. The van der Waals surface area contributed by atoms with Gasteiger partial charge in [0.05, 0.1) is 17.6 Å². The van der Waals surface area contributed by atoms with Crippen LogP contribution in [0, 0.1) is 6.92 Å². The maximum absolute atomic E-state index is 12.4. The van der Waals surface area contributed by atoms with E-state index < -0.39 is 10.0 Å². The summed E-state index contributed by atoms with van der Waals surface area (Å²) in [5, 5.41) is 13.7. The quantitative estimate of drug-likeness (QED) is 0.654. The summed E-state index contributed by atoms with van der Waals surface area (Å²) < 4.78 is 29.0. The molecule has 0 unspecified atom stereocenters. The second kappa shape index (κ2) is 6.27. The van der Waals surface area contributed by atoms with Crippen molar-refractivity contribution in [3.63, 3.8) is 0 Å². The number of sulfonamides is 1. The van der Waals surface area contributed by atoms with Gasteiger partial charge >= 0.3 is 0 Å². The Labute approximate surface area is 124 Å². The van der Waals surface area contributed by atoms with E-state index in [1.54, 1.807) is 24.9 Å². The van der Waals surface area contributed by atoms with Gasteiger partial charge in [0.1, 0.15) is 0 Å². The van der Waals surface area contributed by atoms with Crippen molar-refractivity contribution >= 4 is 15.7 Å². The third-order valence-electron chi connectivity index (χ3n) is 2.95. The van der Waals surface area contributed by atoms with Gasteiger partial charge in [0, 0.05) is 25.4 Å². The van der Waals surface area contributed by atoms with E-state index in [-0.39, 0.29) is 5.03 Å². The number of nitrogens with zero attached hydrogens (tertiary/aromatic N) is 3. The van der Waals surface area contributed by atoms with Crippen LogP contribution in [0.1, 0.15) is 24.6 Å². The van der Waals surface area contributed by atoms with Crippen molar-refractivity contribution < 1.29 is 8.42 Å². The molecule has 21 heavy (non-hydrogen) atoms. The molecular formula is C12H20N6O2S. The van der Waals surface area contributed by atoms with E-state index in [0.717, 1.165) is 13.0 Å². The van der Waals surface area contributed by atoms with Crippen LogP contribution in [0.4, 0.5) is 5.69 Å². The minimum absolute atomic E-state index is 0.0781. The number of aromatic nitrogens is 4. The largest absolute Gasteiger partial charge is 0.313 e. The van der Waals surface area contributed by atoms with Crippen LogP contribution in [0.15, 0.2) is 17.4 Å². The molecule has 0 spiro atoms. The van der Waals surface area contributed by atoms with Crippen molar-refractivity contribution in [2.45, 2.75) is 31.8 Å². The maximum Gasteiger partial charge on any atom is 0.279 e. The Morgan fingerprint density at radius 3 is 2.81 bits per heavy atom. The van der Waals surface area contributed by atoms with Gasteiger partial charge in [-0.25, -0.2) is 0 Å². The molecular weight excluding hydrogens is 292 g/mol. The van der Waals surface area contributed by atoms with Crippen LogP contribution in [0.25, 0.3) is 0 Å². The zero-order chi connectivity index (χ0) is 15.5. The smallest absolute Gasteiger partial charge is 0.279 e. The molecule has 3 N–H and O–H groups in total. The Morgan fingerprint density at radius 1 is 1.43 bits per heavy atom. The molecule has 0 aromatic carbocycles. The Hall–Kier alpha value is -1.87. The number of aryl methyl sites for hydroxylation is 2. The molecule has 0 aliphatic carbocycles. The van der Waals surface area contributed by atoms with Crippen molar-refractivity contribution in [1.82, 2.24) is 25.3 Å². The molecule has 116 valence electrons. The molecule has 0 atom stereocenters. The van der Waals surface area contributed by atoms with Crippen molar-refractivity contribution in [3.8, 4) is 0 Å². The first-order valence-corrected chi connectivity index (χ1v) is 8.18. The monoisotopic (exact) mass is 312 g/mol. The average Bonchev–Trinajstić information content (AvgIpc) is 2.97. The lowest BCUT2D eigenvalue weighted by atomic mass is 10.3. The van der Waals surface area contributed by atoms with Gasteiger partial charge in [-0.05, 0) is 19.9 Å². The summed E-state index contributed by atoms with van der Waals surface area (Å²) in [6.07, 6.45) is 4.12. The molecule has 0 bridgehead atoms. The minimum atomic E-state index is -3.71. The summed E-state index contributed by atoms with van der Waals surface area (Å²) in [5.74, 6) is 0. The molecule has 0 amide bonds. The van der Waals surface area contributed by atoms with Crippen LogP contribution >= 0.6 is 0 Å². The fourth-order valence-electron chi connectivity index (χ4n) is 1.95. The Balaban J connectivity index is 2.20. The molecule has 0 aliphatic heterocycles. The van der Waals surface area contributed by atoms with E-state index in [4.69, 9.17) is 0 Å². The molecule has 0 saturated carbocycles. The molecule has 0 saturated heterocycles. The second-order valence-corrected chi connectivity index (χ2v) is 6.43. The Bertz CT molecular complexity index is 703. The molecule has 2 aromatic heterocycles. The first kappa shape index (κ1) is 15.5. The molecule has 8 nitrogen and oxygen atoms in total. The number of nitrogens with one attached hydrogen (secondary N) is 3. The topological polar surface area (TPSA) is 105 Å². The van der Waals surface area contributed by atoms with E-state index in [1.807, 2.05) is 6.92 Å². The van der Waals surface area contributed by atoms with Crippen LogP contribution in [-0.2, 0) is 23.6 Å². The highest BCUT2D eigenvalue weighted by Gasteiger charge is 2.22. The lowest BCUT2D eigenvalue weighted by Crippen LogP contribution is -2.19. The number of aromatic amines is 1. The average molecular weight is 312 g/mol. The number of anilines is 1. The van der Waals surface area contributed by atoms with Gasteiger partial charge in [0.2, 0.25) is 0 Å². The van der Waals surface area contributed by atoms with E-state index in [2.05, 4.69) is 25.3 Å². The van der Waals surface area contributed by atoms with E-state index in [9.17, 15) is 8.42 Å². The Morgan fingerprint density at radius 2 is 2.19 bits per heavy atom. The van der Waals surface area contributed by atoms with Crippen molar-refractivity contribution in [2.24, 2.45) is 7.05 Å². The van der Waals surface area contributed by atoms with E-state index in [0.29, 0.717) is 23.5 Å². The first-order valence-electron chi connectivity index (χ1n) is 6.70. The number of hydrogen-bond donors (Lipinski definition) is 3. The summed E-state index contributed by atoms with van der Waals surface area (Å²) in [6, 6.07) is 0. The fraction of sp³-hybridized carbons (Fsp3) is 0.500. The zero-order valence-corrected chi connectivity index (χ0v) is 13.2. The van der Waals surface area contributed by atoms with Crippen molar-refractivity contribution in [2.75, 3.05) is 11.3 Å². The standard InChI is InChI=1S/C12H20N6O2S/c1-4-5-13-6-10-7-14-15-12(10)21(19,20)17-11-8-18(3)16-9(11)2/h7-8,13,17H,4-6H2,1-3H3,(H,14,15). The third kappa shape index (κ3) is 3.61. The second-order valence-electron chi connectivity index (χ2n) is 4.81. The predicted molar refractivity (Wildman–Crippen MR) is 79.3 cm³/mol. The fourth-order valence-corrected chi connectivity index (χ4v) is 3.19. The number of hydrogen-bond acceptors (Lipinski definition) is 5. The van der Waals surface area contributed by atoms with Gasteiger partial charge in [-0.1, -0.05) is 6.92 Å². The highest BCUT2D eigenvalue weighted by Crippen LogP contribution is 2.19. The first-order chi connectivity index (χ1) is 9.94. The third-order valence-corrected chi connectivity index (χ3v) is 4.33. The highest BCUT2D eigenvalue weighted by molar-refractivity contribution is 7.92. The van der Waals surface area contributed by atoms with Crippen LogP contribution in [0.5, 0.6) is 0 Å². The number of H-pyrrole nitrogens is 1. The zero-order valence-electron chi connectivity index (χ0n) is 12.3. The van der Waals surface area contributed by atoms with Gasteiger partial charge < -0.3 is 5.32 Å². The van der Waals surface area contributed by atoms with Gasteiger partial charge in [0.15, 0.2) is 5.03 Å². The minimum Gasteiger partial charge on any atom is -0.313 e. The van der Waals surface area contributed by atoms with Crippen molar-refractivity contribution in [3.05, 3.63) is 23.7 Å². The summed E-state index contributed by atoms with van der Waals surface area (Å²) in [6.45, 7) is 5.06. The summed E-state index contributed by atoms with van der Waals surface area (Å²) in [4.78, 5) is 0. The van der Waals surface area contributed by atoms with Gasteiger partial charge in [-0.2, -0.15) is 18.6 Å². The number of rotatable bonds is 7. The van der Waals surface area contributed by atoms with Crippen LogP contribution in [-0.4, -0.2) is 34.9 Å². The normalized spacial score (nSPS) is 11.8. The maximum atomic E-state index is 12.4. The van der Waals surface area contributed by atoms with Gasteiger partial charge in [-0.15, -0.1) is 0 Å². The van der Waals surface area contributed by atoms with E-state index in [1.165, 1.54) is 6.20 Å². The lowest BCUT2D eigenvalue weighted by molar-refractivity contribution is 0.593. The van der Waals surface area contributed by atoms with Gasteiger partial charge in [-0.3, -0.25) is 14.5 Å². The molecule has 2 heterocycles. The summed E-state index contributed by atoms with van der Waals surface area (Å²) in [7, 11) is -1.97. The molecule has 0 aliphatic rings. The summed E-state index contributed by atoms with van der Waals surface area (Å²) >= 11 is 0. The van der Waals surface area contributed by atoms with Crippen LogP contribution in [0.3, 0.4) is 0 Å². The van der Waals surface area contributed by atoms with Crippen LogP contribution in [0.2, 0.25) is 0 Å². The van der Waals surface area contributed by atoms with Crippen molar-refractivity contribution in [1.29, 1.82) is 0 Å². The lowest BCUT2D eigenvalue weighted by Gasteiger charge is -2.07. The molecule has 0 fully saturated rings. The SMILES string of the molecule is CCCNCc1cn[nH]c1S(=O)(=O)Nc1cn(C)nc1C. The molecule has 9 heteroatoms. The van der Waals surface area contributed by atoms with Crippen LogP contribution < -0.4 is 10.0 Å². The Kier molecular flexibility index (Phi) is 4.63. The van der Waals surface area contributed by atoms with E-state index >= 15 is 0 Å².